The Hall–Kier alpha value is -1.05. The molecule has 1 aliphatic carbocycles. The molecule has 0 bridgehead atoms. The third kappa shape index (κ3) is 3.09. The van der Waals surface area contributed by atoms with Gasteiger partial charge in [-0.25, -0.2) is 8.78 Å². The molecule has 0 aromatic heterocycles. The fourth-order valence-corrected chi connectivity index (χ4v) is 2.95. The highest BCUT2D eigenvalue weighted by molar-refractivity contribution is 6.65. The van der Waals surface area contributed by atoms with Gasteiger partial charge in [0, 0.05) is 29.4 Å². The summed E-state index contributed by atoms with van der Waals surface area (Å²) in [6, 6.07) is 3.16. The first-order valence-electron chi connectivity index (χ1n) is 7.89. The van der Waals surface area contributed by atoms with Crippen molar-refractivity contribution in [2.45, 2.75) is 63.8 Å². The summed E-state index contributed by atoms with van der Waals surface area (Å²) in [4.78, 5) is 0. The van der Waals surface area contributed by atoms with Gasteiger partial charge in [0.15, 0.2) is 0 Å². The number of nitrogen functional groups attached to an aromatic ring is 1. The smallest absolute Gasteiger partial charge is 0.488 e. The lowest BCUT2D eigenvalue weighted by atomic mass is 9.78. The molecule has 2 aliphatic rings. The number of benzene rings is 1. The van der Waals surface area contributed by atoms with Gasteiger partial charge in [0.1, 0.15) is 11.9 Å². The molecule has 0 spiro atoms. The van der Waals surface area contributed by atoms with Crippen molar-refractivity contribution in [2.75, 3.05) is 5.73 Å². The Morgan fingerprint density at radius 1 is 1.17 bits per heavy atom. The third-order valence-electron chi connectivity index (χ3n) is 4.98. The van der Waals surface area contributed by atoms with Crippen molar-refractivity contribution in [3.05, 3.63) is 17.2 Å². The van der Waals surface area contributed by atoms with E-state index in [0.29, 0.717) is 21.9 Å². The van der Waals surface area contributed by atoms with E-state index in [0.717, 1.165) is 0 Å². The van der Waals surface area contributed by atoms with E-state index in [4.69, 9.17) is 31.4 Å². The lowest BCUT2D eigenvalue weighted by Crippen LogP contribution is -2.43. The fourth-order valence-electron chi connectivity index (χ4n) is 2.71. The maximum atomic E-state index is 12.9. The molecule has 2 N–H and O–H groups in total. The molecule has 1 aromatic rings. The second kappa shape index (κ2) is 5.48. The molecule has 0 amide bonds. The van der Waals surface area contributed by atoms with E-state index < -0.39 is 30.3 Å². The molecule has 2 fully saturated rings. The van der Waals surface area contributed by atoms with Crippen molar-refractivity contribution in [1.29, 1.82) is 0 Å². The summed E-state index contributed by atoms with van der Waals surface area (Å²) < 4.78 is 43.3. The average Bonchev–Trinajstić information content (AvgIpc) is 2.60. The van der Waals surface area contributed by atoms with Crippen LogP contribution in [-0.2, 0) is 9.31 Å². The highest BCUT2D eigenvalue weighted by Gasteiger charge is 2.52. The Bertz CT molecular complexity index is 645. The number of halogens is 3. The summed E-state index contributed by atoms with van der Waals surface area (Å²) in [5.41, 5.74) is 5.93. The van der Waals surface area contributed by atoms with Crippen LogP contribution in [0.5, 0.6) is 5.75 Å². The van der Waals surface area contributed by atoms with Crippen molar-refractivity contribution < 1.29 is 22.8 Å². The fraction of sp³-hybridized carbons (Fsp3) is 0.625. The van der Waals surface area contributed by atoms with Gasteiger partial charge >= 0.3 is 7.12 Å². The largest absolute Gasteiger partial charge is 0.496 e. The van der Waals surface area contributed by atoms with E-state index in [-0.39, 0.29) is 12.8 Å². The van der Waals surface area contributed by atoms with Crippen molar-refractivity contribution in [2.24, 2.45) is 0 Å². The molecule has 24 heavy (non-hydrogen) atoms. The van der Waals surface area contributed by atoms with E-state index >= 15 is 0 Å². The number of hydrogen-bond donors (Lipinski definition) is 1. The van der Waals surface area contributed by atoms with Gasteiger partial charge in [-0.3, -0.25) is 0 Å². The normalized spacial score (nSPS) is 24.7. The molecular weight excluding hydrogens is 338 g/mol. The summed E-state index contributed by atoms with van der Waals surface area (Å²) >= 11 is 6.32. The second-order valence-electron chi connectivity index (χ2n) is 7.50. The van der Waals surface area contributed by atoms with Gasteiger partial charge in [0.05, 0.1) is 16.9 Å². The zero-order valence-electron chi connectivity index (χ0n) is 14.2. The van der Waals surface area contributed by atoms with E-state index in [1.54, 1.807) is 6.07 Å². The van der Waals surface area contributed by atoms with Gasteiger partial charge in [-0.15, -0.1) is 0 Å². The predicted molar refractivity (Wildman–Crippen MR) is 90.2 cm³/mol. The topological polar surface area (TPSA) is 53.7 Å². The van der Waals surface area contributed by atoms with E-state index in [9.17, 15) is 8.78 Å². The van der Waals surface area contributed by atoms with Crippen LogP contribution in [0.15, 0.2) is 12.1 Å². The molecule has 0 radical (unpaired) electrons. The Labute approximate surface area is 145 Å². The molecule has 1 aliphatic heterocycles. The van der Waals surface area contributed by atoms with Crippen LogP contribution in [0.1, 0.15) is 40.5 Å². The first kappa shape index (κ1) is 17.8. The average molecular weight is 360 g/mol. The summed E-state index contributed by atoms with van der Waals surface area (Å²) in [5.74, 6) is -2.34. The van der Waals surface area contributed by atoms with Crippen LogP contribution in [0.25, 0.3) is 0 Å². The molecule has 3 rings (SSSR count). The van der Waals surface area contributed by atoms with Crippen LogP contribution in [-0.4, -0.2) is 30.3 Å². The monoisotopic (exact) mass is 359 g/mol. The molecule has 1 saturated carbocycles. The van der Waals surface area contributed by atoms with E-state index in [2.05, 4.69) is 0 Å². The number of rotatable bonds is 3. The Balaban J connectivity index is 1.79. The highest BCUT2D eigenvalue weighted by atomic mass is 35.5. The van der Waals surface area contributed by atoms with Crippen LogP contribution in [0, 0.1) is 0 Å². The quantitative estimate of drug-likeness (QED) is 0.664. The Morgan fingerprint density at radius 2 is 1.71 bits per heavy atom. The van der Waals surface area contributed by atoms with Gasteiger partial charge < -0.3 is 19.8 Å². The number of ether oxygens (including phenoxy) is 1. The van der Waals surface area contributed by atoms with Gasteiger partial charge in [-0.05, 0) is 33.8 Å². The van der Waals surface area contributed by atoms with Gasteiger partial charge in [-0.2, -0.15) is 0 Å². The minimum absolute atomic E-state index is 0.303. The maximum Gasteiger partial charge on any atom is 0.496 e. The number of alkyl halides is 2. The van der Waals surface area contributed by atoms with Crippen molar-refractivity contribution in [3.8, 4) is 5.75 Å². The molecule has 1 saturated heterocycles. The van der Waals surface area contributed by atoms with Crippen molar-refractivity contribution in [3.63, 3.8) is 0 Å². The Morgan fingerprint density at radius 3 is 2.21 bits per heavy atom. The van der Waals surface area contributed by atoms with E-state index in [1.165, 1.54) is 6.07 Å². The maximum absolute atomic E-state index is 12.9. The van der Waals surface area contributed by atoms with Gasteiger partial charge in [-0.1, -0.05) is 11.6 Å². The lowest BCUT2D eigenvalue weighted by molar-refractivity contribution is -0.134. The van der Waals surface area contributed by atoms with Crippen LogP contribution >= 0.6 is 11.6 Å². The summed E-state index contributed by atoms with van der Waals surface area (Å²) in [5, 5.41) is 0.365. The van der Waals surface area contributed by atoms with Crippen LogP contribution < -0.4 is 15.9 Å². The number of nitrogens with two attached hydrogens (primary N) is 1. The van der Waals surface area contributed by atoms with E-state index in [1.807, 2.05) is 27.7 Å². The molecular formula is C16H21BClF2NO3. The van der Waals surface area contributed by atoms with Crippen LogP contribution in [0.3, 0.4) is 0 Å². The minimum Gasteiger partial charge on any atom is -0.488 e. The van der Waals surface area contributed by atoms with Gasteiger partial charge in [0.2, 0.25) is 0 Å². The molecule has 0 atom stereocenters. The molecule has 8 heteroatoms. The summed E-state index contributed by atoms with van der Waals surface area (Å²) in [6.45, 7) is 7.77. The molecule has 1 heterocycles. The second-order valence-corrected chi connectivity index (χ2v) is 7.91. The van der Waals surface area contributed by atoms with Crippen molar-refractivity contribution >= 4 is 29.9 Å². The number of anilines is 1. The zero-order valence-corrected chi connectivity index (χ0v) is 14.9. The highest BCUT2D eigenvalue weighted by Crippen LogP contribution is 2.41. The Kier molecular flexibility index (Phi) is 4.05. The van der Waals surface area contributed by atoms with Crippen LogP contribution in [0.2, 0.25) is 5.02 Å². The SMILES string of the molecule is CC1(C)OB(c2cc(N)c(OC3CC(F)(F)C3)cc2Cl)OC1(C)C. The first-order valence-corrected chi connectivity index (χ1v) is 8.27. The first-order chi connectivity index (χ1) is 10.9. The molecule has 1 aromatic carbocycles. The standard InChI is InChI=1S/C16H21BClF2NO3/c1-14(2)15(3,4)24-17(23-14)10-5-12(21)13(6-11(10)18)22-9-7-16(19,20)8-9/h5-6,9H,7-8,21H2,1-4H3. The molecule has 0 unspecified atom stereocenters. The zero-order chi connectivity index (χ0) is 17.9. The van der Waals surface area contributed by atoms with Gasteiger partial charge in [0.25, 0.3) is 5.92 Å². The summed E-state index contributed by atoms with van der Waals surface area (Å²) in [7, 11) is -0.646. The molecule has 132 valence electrons. The summed E-state index contributed by atoms with van der Waals surface area (Å²) in [6.07, 6.45) is -1.15. The predicted octanol–water partition coefficient (Wildman–Crippen LogP) is 3.40. The third-order valence-corrected chi connectivity index (χ3v) is 5.31. The minimum atomic E-state index is -2.65. The molecule has 4 nitrogen and oxygen atoms in total. The lowest BCUT2D eigenvalue weighted by Gasteiger charge is -2.35. The number of hydrogen-bond acceptors (Lipinski definition) is 4. The van der Waals surface area contributed by atoms with Crippen LogP contribution in [0.4, 0.5) is 14.5 Å². The van der Waals surface area contributed by atoms with Crippen molar-refractivity contribution in [1.82, 2.24) is 0 Å².